The summed E-state index contributed by atoms with van der Waals surface area (Å²) in [6.07, 6.45) is 2.52. The molecule has 1 saturated carbocycles. The van der Waals surface area contributed by atoms with Crippen molar-refractivity contribution in [1.29, 1.82) is 0 Å². The number of alkyl carbamates (subject to hydrolysis) is 1. The molecular weight excluding hydrogens is 448 g/mol. The molecule has 0 radical (unpaired) electrons. The maximum atomic E-state index is 12.8. The van der Waals surface area contributed by atoms with E-state index in [4.69, 9.17) is 14.6 Å². The topological polar surface area (TPSA) is 105 Å². The zero-order valence-electron chi connectivity index (χ0n) is 19.5. The first kappa shape index (κ1) is 23.4. The van der Waals surface area contributed by atoms with Crippen LogP contribution in [0.5, 0.6) is 0 Å². The summed E-state index contributed by atoms with van der Waals surface area (Å²) in [7, 11) is 0. The van der Waals surface area contributed by atoms with Crippen LogP contribution in [0.2, 0.25) is 0 Å². The third-order valence-corrected chi connectivity index (χ3v) is 7.40. The standard InChI is InChI=1S/C27H30N2O6/c30-25(29-13-18(14-29)34-16-26(31)32)12-24(17-6-5-7-17)28-27(33)35-15-23-21-10-3-1-8-19(21)20-9-2-4-11-22(20)23/h1-4,8-11,17-18,23-24H,5-7,12-16H2,(H,28,33)(H,31,32). The quantitative estimate of drug-likeness (QED) is 0.572. The number of fused-ring (bicyclic) bond motifs is 3. The second-order valence-corrected chi connectivity index (χ2v) is 9.60. The fraction of sp³-hybridized carbons (Fsp3) is 0.444. The van der Waals surface area contributed by atoms with Crippen LogP contribution in [-0.2, 0) is 19.1 Å². The number of aliphatic carboxylic acids is 1. The van der Waals surface area contributed by atoms with Crippen molar-refractivity contribution in [2.45, 2.75) is 43.7 Å². The number of carboxylic acids is 1. The molecule has 2 N–H and O–H groups in total. The van der Waals surface area contributed by atoms with E-state index in [1.165, 1.54) is 11.1 Å². The van der Waals surface area contributed by atoms with E-state index >= 15 is 0 Å². The van der Waals surface area contributed by atoms with Crippen molar-refractivity contribution in [3.63, 3.8) is 0 Å². The molecule has 184 valence electrons. The number of amides is 2. The van der Waals surface area contributed by atoms with Crippen LogP contribution in [0.15, 0.2) is 48.5 Å². The molecule has 1 aliphatic heterocycles. The van der Waals surface area contributed by atoms with E-state index in [0.717, 1.165) is 30.4 Å². The number of carboxylic acid groups (broad SMARTS) is 1. The van der Waals surface area contributed by atoms with Crippen LogP contribution < -0.4 is 5.32 Å². The van der Waals surface area contributed by atoms with Crippen LogP contribution in [0.1, 0.15) is 42.7 Å². The number of nitrogens with one attached hydrogen (secondary N) is 1. The predicted octanol–water partition coefficient (Wildman–Crippen LogP) is 3.40. The number of nitrogens with zero attached hydrogens (tertiary/aromatic N) is 1. The Kier molecular flexibility index (Phi) is 6.72. The molecule has 2 aliphatic carbocycles. The van der Waals surface area contributed by atoms with E-state index in [9.17, 15) is 14.4 Å². The lowest BCUT2D eigenvalue weighted by molar-refractivity contribution is -0.154. The highest BCUT2D eigenvalue weighted by Gasteiger charge is 2.37. The molecule has 1 unspecified atom stereocenters. The number of hydrogen-bond donors (Lipinski definition) is 2. The lowest BCUT2D eigenvalue weighted by atomic mass is 9.78. The summed E-state index contributed by atoms with van der Waals surface area (Å²) in [5, 5.41) is 11.7. The van der Waals surface area contributed by atoms with Gasteiger partial charge in [-0.05, 0) is 41.0 Å². The lowest BCUT2D eigenvalue weighted by Crippen LogP contribution is -2.57. The largest absolute Gasteiger partial charge is 0.480 e. The summed E-state index contributed by atoms with van der Waals surface area (Å²) in [4.78, 5) is 37.8. The molecule has 1 saturated heterocycles. The Morgan fingerprint density at radius 1 is 1.00 bits per heavy atom. The van der Waals surface area contributed by atoms with Gasteiger partial charge in [-0.2, -0.15) is 0 Å². The first-order chi connectivity index (χ1) is 17.0. The van der Waals surface area contributed by atoms with Gasteiger partial charge in [-0.3, -0.25) is 4.79 Å². The van der Waals surface area contributed by atoms with Crippen LogP contribution in [0.3, 0.4) is 0 Å². The fourth-order valence-corrected chi connectivity index (χ4v) is 5.22. The van der Waals surface area contributed by atoms with Crippen LogP contribution in [0.4, 0.5) is 4.79 Å². The van der Waals surface area contributed by atoms with E-state index in [-0.39, 0.29) is 49.5 Å². The first-order valence-corrected chi connectivity index (χ1v) is 12.2. The van der Waals surface area contributed by atoms with Crippen LogP contribution >= 0.6 is 0 Å². The number of ether oxygens (including phenoxy) is 2. The Morgan fingerprint density at radius 3 is 2.20 bits per heavy atom. The SMILES string of the molecule is O=C(O)COC1CN(C(=O)CC(NC(=O)OCC2c3ccccc3-c3ccccc32)C2CCC2)C1. The van der Waals surface area contributed by atoms with Crippen molar-refractivity contribution < 1.29 is 29.0 Å². The Balaban J connectivity index is 1.15. The summed E-state index contributed by atoms with van der Waals surface area (Å²) >= 11 is 0. The predicted molar refractivity (Wildman–Crippen MR) is 128 cm³/mol. The first-order valence-electron chi connectivity index (χ1n) is 12.2. The van der Waals surface area contributed by atoms with E-state index in [2.05, 4.69) is 29.6 Å². The van der Waals surface area contributed by atoms with Crippen LogP contribution in [-0.4, -0.2) is 66.4 Å². The van der Waals surface area contributed by atoms with E-state index < -0.39 is 12.1 Å². The molecule has 5 rings (SSSR count). The Bertz CT molecular complexity index is 1060. The zero-order valence-corrected chi connectivity index (χ0v) is 19.5. The molecule has 2 fully saturated rings. The van der Waals surface area contributed by atoms with Crippen molar-refractivity contribution >= 4 is 18.0 Å². The summed E-state index contributed by atoms with van der Waals surface area (Å²) in [5.74, 6) is -0.830. The van der Waals surface area contributed by atoms with E-state index in [1.54, 1.807) is 4.90 Å². The molecular formula is C27H30N2O6. The third-order valence-electron chi connectivity index (χ3n) is 7.40. The number of carbonyl (C=O) groups is 3. The highest BCUT2D eigenvalue weighted by molar-refractivity contribution is 5.80. The third kappa shape index (κ3) is 5.03. The summed E-state index contributed by atoms with van der Waals surface area (Å²) < 4.78 is 10.9. The minimum absolute atomic E-state index is 0.0132. The van der Waals surface area contributed by atoms with Gasteiger partial charge in [0, 0.05) is 31.5 Å². The lowest BCUT2D eigenvalue weighted by Gasteiger charge is -2.40. The van der Waals surface area contributed by atoms with Gasteiger partial charge in [0.1, 0.15) is 13.2 Å². The van der Waals surface area contributed by atoms with Crippen molar-refractivity contribution in [3.8, 4) is 11.1 Å². The maximum absolute atomic E-state index is 12.8. The highest BCUT2D eigenvalue weighted by Crippen LogP contribution is 2.44. The summed E-state index contributed by atoms with van der Waals surface area (Å²) in [5.41, 5.74) is 4.67. The van der Waals surface area contributed by atoms with Gasteiger partial charge < -0.3 is 24.8 Å². The van der Waals surface area contributed by atoms with Gasteiger partial charge in [0.05, 0.1) is 6.10 Å². The summed E-state index contributed by atoms with van der Waals surface area (Å²) in [6.45, 7) is 0.642. The molecule has 2 aromatic rings. The molecule has 3 aliphatic rings. The molecule has 2 amide bonds. The molecule has 2 aromatic carbocycles. The Hall–Kier alpha value is -3.39. The smallest absolute Gasteiger partial charge is 0.407 e. The number of likely N-dealkylation sites (tertiary alicyclic amines) is 1. The Labute approximate surface area is 204 Å². The van der Waals surface area contributed by atoms with Crippen molar-refractivity contribution in [2.24, 2.45) is 5.92 Å². The second kappa shape index (κ2) is 10.1. The molecule has 1 atom stereocenters. The molecule has 8 nitrogen and oxygen atoms in total. The van der Waals surface area contributed by atoms with Gasteiger partial charge in [-0.15, -0.1) is 0 Å². The van der Waals surface area contributed by atoms with Gasteiger partial charge in [0.25, 0.3) is 0 Å². The van der Waals surface area contributed by atoms with E-state index in [1.807, 2.05) is 24.3 Å². The van der Waals surface area contributed by atoms with Crippen molar-refractivity contribution in [2.75, 3.05) is 26.3 Å². The molecule has 0 spiro atoms. The van der Waals surface area contributed by atoms with Gasteiger partial charge >= 0.3 is 12.1 Å². The van der Waals surface area contributed by atoms with Crippen LogP contribution in [0.25, 0.3) is 11.1 Å². The highest BCUT2D eigenvalue weighted by atomic mass is 16.5. The normalized spacial score (nSPS) is 18.1. The van der Waals surface area contributed by atoms with Crippen LogP contribution in [0, 0.1) is 5.92 Å². The molecule has 1 heterocycles. The average Bonchev–Trinajstić information content (AvgIpc) is 3.09. The molecule has 35 heavy (non-hydrogen) atoms. The van der Waals surface area contributed by atoms with Crippen molar-refractivity contribution in [3.05, 3.63) is 59.7 Å². The maximum Gasteiger partial charge on any atom is 0.407 e. The molecule has 0 bridgehead atoms. The van der Waals surface area contributed by atoms with E-state index in [0.29, 0.717) is 13.1 Å². The van der Waals surface area contributed by atoms with Gasteiger partial charge in [0.2, 0.25) is 5.91 Å². The fourth-order valence-electron chi connectivity index (χ4n) is 5.22. The van der Waals surface area contributed by atoms with Gasteiger partial charge in [0.15, 0.2) is 0 Å². The number of benzene rings is 2. The summed E-state index contributed by atoms with van der Waals surface area (Å²) in [6, 6.07) is 16.1. The molecule has 8 heteroatoms. The zero-order chi connectivity index (χ0) is 24.4. The minimum Gasteiger partial charge on any atom is -0.480 e. The monoisotopic (exact) mass is 478 g/mol. The number of hydrogen-bond acceptors (Lipinski definition) is 5. The number of rotatable bonds is 9. The molecule has 0 aromatic heterocycles. The average molecular weight is 479 g/mol. The Morgan fingerprint density at radius 2 is 1.63 bits per heavy atom. The second-order valence-electron chi connectivity index (χ2n) is 9.60. The minimum atomic E-state index is -1.02. The number of carbonyl (C=O) groups excluding carboxylic acids is 2. The van der Waals surface area contributed by atoms with Gasteiger partial charge in [-0.25, -0.2) is 9.59 Å². The van der Waals surface area contributed by atoms with Gasteiger partial charge in [-0.1, -0.05) is 55.0 Å². The van der Waals surface area contributed by atoms with Crippen molar-refractivity contribution in [1.82, 2.24) is 10.2 Å².